The predicted octanol–water partition coefficient (Wildman–Crippen LogP) is 3.75. The molecule has 2 aromatic rings. The van der Waals surface area contributed by atoms with Gasteiger partial charge in [0.25, 0.3) is 0 Å². The molecule has 0 saturated heterocycles. The van der Waals surface area contributed by atoms with Crippen LogP contribution in [-0.4, -0.2) is 25.2 Å². The van der Waals surface area contributed by atoms with Crippen LogP contribution in [0.4, 0.5) is 0 Å². The van der Waals surface area contributed by atoms with Gasteiger partial charge in [-0.05, 0) is 16.3 Å². The molecule has 0 aliphatic heterocycles. The van der Waals surface area contributed by atoms with Gasteiger partial charge in [-0.1, -0.05) is 49.4 Å². The van der Waals surface area contributed by atoms with Gasteiger partial charge in [-0.15, -0.1) is 0 Å². The predicted molar refractivity (Wildman–Crippen MR) is 80.0 cm³/mol. The van der Waals surface area contributed by atoms with Crippen molar-refractivity contribution in [1.82, 2.24) is 0 Å². The third-order valence-corrected chi connectivity index (χ3v) is 5.69. The fourth-order valence-corrected chi connectivity index (χ4v) is 3.53. The molecular formula is C15H19O4P. The van der Waals surface area contributed by atoms with Crippen LogP contribution in [0.5, 0.6) is 0 Å². The zero-order chi connectivity index (χ0) is 14.8. The Balaban J connectivity index is 2.35. The minimum Gasteiger partial charge on any atom is -0.380 e. The largest absolute Gasteiger partial charge is 0.380 e. The van der Waals surface area contributed by atoms with Gasteiger partial charge in [0.05, 0.1) is 0 Å². The van der Waals surface area contributed by atoms with E-state index in [1.54, 1.807) is 6.92 Å². The van der Waals surface area contributed by atoms with Crippen molar-refractivity contribution in [2.75, 3.05) is 14.2 Å². The first-order chi connectivity index (χ1) is 9.51. The lowest BCUT2D eigenvalue weighted by Crippen LogP contribution is -2.18. The van der Waals surface area contributed by atoms with Crippen LogP contribution in [-0.2, 0) is 13.6 Å². The van der Waals surface area contributed by atoms with E-state index < -0.39 is 13.4 Å². The number of aliphatic hydroxyl groups excluding tert-OH is 1. The Hall–Kier alpha value is -1.19. The second-order valence-electron chi connectivity index (χ2n) is 4.71. The lowest BCUT2D eigenvalue weighted by Gasteiger charge is -2.25. The Labute approximate surface area is 118 Å². The summed E-state index contributed by atoms with van der Waals surface area (Å²) in [5.41, 5.74) is 0.894. The zero-order valence-corrected chi connectivity index (χ0v) is 12.7. The second kappa shape index (κ2) is 6.06. The maximum absolute atomic E-state index is 12.2. The lowest BCUT2D eigenvalue weighted by molar-refractivity contribution is 0.158. The Morgan fingerprint density at radius 1 is 1.05 bits per heavy atom. The number of fused-ring (bicyclic) bond motifs is 1. The summed E-state index contributed by atoms with van der Waals surface area (Å²) in [6.07, 6.45) is 0. The molecule has 2 unspecified atom stereocenters. The maximum Gasteiger partial charge on any atom is 0.358 e. The van der Waals surface area contributed by atoms with Crippen LogP contribution in [0.1, 0.15) is 18.4 Å². The second-order valence-corrected chi connectivity index (χ2v) is 7.05. The molecule has 0 bridgehead atoms. The Kier molecular flexibility index (Phi) is 4.61. The van der Waals surface area contributed by atoms with Crippen LogP contribution in [0.3, 0.4) is 0 Å². The number of hydrogen-bond acceptors (Lipinski definition) is 4. The lowest BCUT2D eigenvalue weighted by atomic mass is 9.98. The van der Waals surface area contributed by atoms with E-state index in [2.05, 4.69) is 0 Å². The van der Waals surface area contributed by atoms with Crippen molar-refractivity contribution >= 4 is 18.4 Å². The zero-order valence-electron chi connectivity index (χ0n) is 11.8. The third kappa shape index (κ3) is 2.79. The first-order valence-corrected chi connectivity index (χ1v) is 8.01. The molecule has 2 aromatic carbocycles. The molecule has 0 aliphatic carbocycles. The van der Waals surface area contributed by atoms with Crippen molar-refractivity contribution in [1.29, 1.82) is 0 Å². The van der Waals surface area contributed by atoms with E-state index in [0.717, 1.165) is 16.3 Å². The smallest absolute Gasteiger partial charge is 0.358 e. The van der Waals surface area contributed by atoms with Crippen molar-refractivity contribution < 1.29 is 18.7 Å². The quantitative estimate of drug-likeness (QED) is 0.853. The molecule has 5 heteroatoms. The Bertz CT molecular complexity index is 633. The molecule has 2 atom stereocenters. The van der Waals surface area contributed by atoms with Crippen LogP contribution in [0, 0.1) is 0 Å². The van der Waals surface area contributed by atoms with Crippen molar-refractivity contribution in [2.24, 2.45) is 0 Å². The average molecular weight is 294 g/mol. The van der Waals surface area contributed by atoms with Crippen LogP contribution >= 0.6 is 7.60 Å². The van der Waals surface area contributed by atoms with Gasteiger partial charge >= 0.3 is 7.60 Å². The van der Waals surface area contributed by atoms with E-state index in [4.69, 9.17) is 9.05 Å². The van der Waals surface area contributed by atoms with Crippen molar-refractivity contribution in [3.05, 3.63) is 48.0 Å². The summed E-state index contributed by atoms with van der Waals surface area (Å²) in [5.74, 6) is -1.55. The molecule has 4 nitrogen and oxygen atoms in total. The number of aliphatic hydroxyl groups is 1. The molecule has 0 radical (unpaired) electrons. The molecule has 20 heavy (non-hydrogen) atoms. The van der Waals surface area contributed by atoms with Crippen molar-refractivity contribution in [3.8, 4) is 0 Å². The average Bonchev–Trinajstić information content (AvgIpc) is 2.52. The topological polar surface area (TPSA) is 55.8 Å². The Morgan fingerprint density at radius 2 is 1.65 bits per heavy atom. The normalized spacial score (nSPS) is 15.2. The van der Waals surface area contributed by atoms with Gasteiger partial charge < -0.3 is 14.2 Å². The highest BCUT2D eigenvalue weighted by molar-refractivity contribution is 7.54. The van der Waals surface area contributed by atoms with Gasteiger partial charge in [-0.25, -0.2) is 0 Å². The van der Waals surface area contributed by atoms with Gasteiger partial charge in [0, 0.05) is 20.1 Å². The van der Waals surface area contributed by atoms with Crippen LogP contribution in [0.15, 0.2) is 42.5 Å². The van der Waals surface area contributed by atoms with Gasteiger partial charge in [0.15, 0.2) is 5.85 Å². The number of rotatable bonds is 5. The fourth-order valence-electron chi connectivity index (χ4n) is 2.23. The molecule has 1 N–H and O–H groups in total. The fraction of sp³-hybridized carbons (Fsp3) is 0.333. The Morgan fingerprint density at radius 3 is 2.25 bits per heavy atom. The molecule has 0 fully saturated rings. The molecule has 0 amide bonds. The van der Waals surface area contributed by atoms with Crippen LogP contribution in [0.25, 0.3) is 10.8 Å². The highest BCUT2D eigenvalue weighted by Gasteiger charge is 2.37. The van der Waals surface area contributed by atoms with Crippen LogP contribution < -0.4 is 0 Å². The summed E-state index contributed by atoms with van der Waals surface area (Å²) >= 11 is 0. The standard InChI is InChI=1S/C15H19O4P/c1-11(15(16)20(17,18-2)19-3)13-9-8-12-6-4-5-7-14(12)10-13/h4-11,15-16H,1-3H3. The van der Waals surface area contributed by atoms with Gasteiger partial charge in [-0.3, -0.25) is 4.57 Å². The molecule has 0 heterocycles. The number of benzene rings is 2. The summed E-state index contributed by atoms with van der Waals surface area (Å²) in [4.78, 5) is 0. The van der Waals surface area contributed by atoms with Gasteiger partial charge in [0.1, 0.15) is 0 Å². The minimum atomic E-state index is -3.50. The monoisotopic (exact) mass is 294 g/mol. The van der Waals surface area contributed by atoms with Gasteiger partial charge in [-0.2, -0.15) is 0 Å². The van der Waals surface area contributed by atoms with E-state index in [9.17, 15) is 9.67 Å². The molecule has 108 valence electrons. The summed E-state index contributed by atoms with van der Waals surface area (Å²) in [5, 5.41) is 12.5. The summed E-state index contributed by atoms with van der Waals surface area (Å²) < 4.78 is 22.0. The highest BCUT2D eigenvalue weighted by atomic mass is 31.2. The van der Waals surface area contributed by atoms with Crippen molar-refractivity contribution in [2.45, 2.75) is 18.7 Å². The molecule has 2 rings (SSSR count). The van der Waals surface area contributed by atoms with E-state index >= 15 is 0 Å². The SMILES string of the molecule is COP(=O)(OC)C(O)C(C)c1ccc2ccccc2c1. The van der Waals surface area contributed by atoms with E-state index in [1.165, 1.54) is 14.2 Å². The first-order valence-electron chi connectivity index (χ1n) is 6.40. The molecular weight excluding hydrogens is 275 g/mol. The van der Waals surface area contributed by atoms with Crippen molar-refractivity contribution in [3.63, 3.8) is 0 Å². The molecule has 0 aromatic heterocycles. The first kappa shape index (κ1) is 15.2. The van der Waals surface area contributed by atoms with E-state index in [0.29, 0.717) is 0 Å². The summed E-state index contributed by atoms with van der Waals surface area (Å²) in [6, 6.07) is 13.9. The highest BCUT2D eigenvalue weighted by Crippen LogP contribution is 2.54. The summed E-state index contributed by atoms with van der Waals surface area (Å²) in [7, 11) is -0.942. The molecule has 0 aliphatic rings. The van der Waals surface area contributed by atoms with Crippen LogP contribution in [0.2, 0.25) is 0 Å². The van der Waals surface area contributed by atoms with E-state index in [1.807, 2.05) is 42.5 Å². The molecule has 0 spiro atoms. The maximum atomic E-state index is 12.2. The van der Waals surface area contributed by atoms with Gasteiger partial charge in [0.2, 0.25) is 0 Å². The molecule has 0 saturated carbocycles. The van der Waals surface area contributed by atoms with E-state index in [-0.39, 0.29) is 5.92 Å². The number of hydrogen-bond donors (Lipinski definition) is 1. The third-order valence-electron chi connectivity index (χ3n) is 3.58. The summed E-state index contributed by atoms with van der Waals surface area (Å²) in [6.45, 7) is 1.81. The minimum absolute atomic E-state index is 0.356.